The zero-order valence-electron chi connectivity index (χ0n) is 14.9. The Morgan fingerprint density at radius 1 is 0.852 bits per heavy atom. The summed E-state index contributed by atoms with van der Waals surface area (Å²) >= 11 is 5.98. The molecule has 6 heteroatoms. The topological polar surface area (TPSA) is 71.1 Å². The van der Waals surface area contributed by atoms with Gasteiger partial charge in [-0.05, 0) is 49.7 Å². The van der Waals surface area contributed by atoms with E-state index in [1.807, 2.05) is 44.2 Å². The fourth-order valence-electron chi connectivity index (χ4n) is 2.45. The molecule has 2 amide bonds. The molecule has 0 saturated heterocycles. The maximum Gasteiger partial charge on any atom is 0.257 e. The van der Waals surface area contributed by atoms with Crippen LogP contribution >= 0.6 is 11.6 Å². The third-order valence-electron chi connectivity index (χ3n) is 4.02. The second kappa shape index (κ2) is 8.01. The molecule has 0 aliphatic heterocycles. The van der Waals surface area contributed by atoms with Gasteiger partial charge in [-0.1, -0.05) is 35.4 Å². The van der Waals surface area contributed by atoms with Gasteiger partial charge >= 0.3 is 0 Å². The zero-order chi connectivity index (χ0) is 19.4. The lowest BCUT2D eigenvalue weighted by atomic mass is 10.1. The van der Waals surface area contributed by atoms with Crippen LogP contribution in [0.4, 0.5) is 11.4 Å². The molecule has 3 aromatic rings. The number of aryl methyl sites for hydroxylation is 2. The summed E-state index contributed by atoms with van der Waals surface area (Å²) in [6.07, 6.45) is 2.84. The molecular weight excluding hydrogens is 362 g/mol. The Kier molecular flexibility index (Phi) is 5.52. The number of aromatic nitrogens is 1. The molecule has 0 radical (unpaired) electrons. The number of anilines is 2. The van der Waals surface area contributed by atoms with Crippen LogP contribution in [0.2, 0.25) is 5.02 Å². The number of halogens is 1. The highest BCUT2D eigenvalue weighted by molar-refractivity contribution is 6.31. The summed E-state index contributed by atoms with van der Waals surface area (Å²) in [7, 11) is 0. The molecule has 1 aromatic heterocycles. The highest BCUT2D eigenvalue weighted by Gasteiger charge is 2.13. The fraction of sp³-hybridized carbons (Fsp3) is 0.0952. The molecule has 2 aromatic carbocycles. The Morgan fingerprint density at radius 2 is 1.48 bits per heavy atom. The maximum absolute atomic E-state index is 12.5. The van der Waals surface area contributed by atoms with Crippen LogP contribution in [0, 0.1) is 13.8 Å². The lowest BCUT2D eigenvalue weighted by Gasteiger charge is -2.10. The van der Waals surface area contributed by atoms with Gasteiger partial charge in [0.2, 0.25) is 0 Å². The summed E-state index contributed by atoms with van der Waals surface area (Å²) in [4.78, 5) is 29.0. The normalized spacial score (nSPS) is 10.3. The number of hydrogen-bond acceptors (Lipinski definition) is 3. The van der Waals surface area contributed by atoms with E-state index in [9.17, 15) is 9.59 Å². The molecule has 0 fully saturated rings. The first-order valence-electron chi connectivity index (χ1n) is 8.33. The van der Waals surface area contributed by atoms with Gasteiger partial charge in [0, 0.05) is 28.8 Å². The Bertz CT molecular complexity index is 1000. The van der Waals surface area contributed by atoms with Crippen LogP contribution in [-0.2, 0) is 0 Å². The van der Waals surface area contributed by atoms with Crippen LogP contribution in [0.3, 0.4) is 0 Å². The number of rotatable bonds is 4. The molecule has 3 rings (SSSR count). The van der Waals surface area contributed by atoms with Crippen LogP contribution in [0.1, 0.15) is 31.8 Å². The zero-order valence-corrected chi connectivity index (χ0v) is 15.7. The Labute approximate surface area is 162 Å². The van der Waals surface area contributed by atoms with E-state index in [-0.39, 0.29) is 17.4 Å². The van der Waals surface area contributed by atoms with Crippen molar-refractivity contribution in [2.75, 3.05) is 10.6 Å². The summed E-state index contributed by atoms with van der Waals surface area (Å²) < 4.78 is 0. The summed E-state index contributed by atoms with van der Waals surface area (Å²) in [5.41, 5.74) is 3.85. The predicted molar refractivity (Wildman–Crippen MR) is 108 cm³/mol. The van der Waals surface area contributed by atoms with Gasteiger partial charge < -0.3 is 10.6 Å². The minimum Gasteiger partial charge on any atom is -0.322 e. The molecule has 0 spiro atoms. The summed E-state index contributed by atoms with van der Waals surface area (Å²) in [5, 5.41) is 6.11. The molecule has 0 atom stereocenters. The van der Waals surface area contributed by atoms with Gasteiger partial charge in [0.05, 0.1) is 11.1 Å². The van der Waals surface area contributed by atoms with Crippen molar-refractivity contribution in [2.45, 2.75) is 13.8 Å². The molecule has 1 heterocycles. The number of amides is 2. The minimum atomic E-state index is -0.363. The lowest BCUT2D eigenvalue weighted by molar-refractivity contribution is 0.102. The van der Waals surface area contributed by atoms with Gasteiger partial charge in [0.25, 0.3) is 11.8 Å². The first kappa shape index (κ1) is 18.6. The van der Waals surface area contributed by atoms with Crippen molar-refractivity contribution >= 4 is 34.8 Å². The van der Waals surface area contributed by atoms with Crippen molar-refractivity contribution in [1.82, 2.24) is 4.98 Å². The minimum absolute atomic E-state index is 0.283. The second-order valence-electron chi connectivity index (χ2n) is 6.20. The molecule has 0 aliphatic rings. The molecule has 136 valence electrons. The highest BCUT2D eigenvalue weighted by Crippen LogP contribution is 2.21. The number of benzene rings is 2. The van der Waals surface area contributed by atoms with Crippen LogP contribution < -0.4 is 10.6 Å². The van der Waals surface area contributed by atoms with E-state index in [0.29, 0.717) is 22.0 Å². The van der Waals surface area contributed by atoms with Crippen molar-refractivity contribution in [3.05, 3.63) is 88.2 Å². The standard InChI is InChI=1S/C21H18ClN3O2/c1-13-3-7-18(8-4-13)24-20(26)15-9-16(12-23-11-15)21(27)25-19-10-17(22)6-5-14(19)2/h3-12H,1-2H3,(H,24,26)(H,25,27). The molecule has 27 heavy (non-hydrogen) atoms. The van der Waals surface area contributed by atoms with Crippen molar-refractivity contribution in [3.63, 3.8) is 0 Å². The molecule has 0 aliphatic carbocycles. The van der Waals surface area contributed by atoms with Crippen molar-refractivity contribution < 1.29 is 9.59 Å². The fourth-order valence-corrected chi connectivity index (χ4v) is 2.62. The number of pyridine rings is 1. The molecule has 2 N–H and O–H groups in total. The smallest absolute Gasteiger partial charge is 0.257 e. The average molecular weight is 380 g/mol. The summed E-state index contributed by atoms with van der Waals surface area (Å²) in [5.74, 6) is -0.696. The number of nitrogens with zero attached hydrogens (tertiary/aromatic N) is 1. The van der Waals surface area contributed by atoms with E-state index in [0.717, 1.165) is 11.1 Å². The Hall–Kier alpha value is -3.18. The van der Waals surface area contributed by atoms with E-state index < -0.39 is 0 Å². The second-order valence-corrected chi connectivity index (χ2v) is 6.63. The van der Waals surface area contributed by atoms with Gasteiger partial charge in [-0.25, -0.2) is 0 Å². The van der Waals surface area contributed by atoms with Gasteiger partial charge in [0.1, 0.15) is 0 Å². The number of carbonyl (C=O) groups excluding carboxylic acids is 2. The highest BCUT2D eigenvalue weighted by atomic mass is 35.5. The summed E-state index contributed by atoms with van der Waals surface area (Å²) in [6.45, 7) is 3.84. The van der Waals surface area contributed by atoms with Crippen molar-refractivity contribution in [3.8, 4) is 0 Å². The van der Waals surface area contributed by atoms with Crippen LogP contribution in [0.5, 0.6) is 0 Å². The van der Waals surface area contributed by atoms with E-state index in [1.54, 1.807) is 12.1 Å². The number of carbonyl (C=O) groups is 2. The molecular formula is C21H18ClN3O2. The van der Waals surface area contributed by atoms with E-state index >= 15 is 0 Å². The molecule has 0 unspecified atom stereocenters. The quantitative estimate of drug-likeness (QED) is 0.680. The first-order chi connectivity index (χ1) is 12.9. The number of hydrogen-bond donors (Lipinski definition) is 2. The molecule has 0 saturated carbocycles. The van der Waals surface area contributed by atoms with Crippen LogP contribution in [0.25, 0.3) is 0 Å². The van der Waals surface area contributed by atoms with Crippen molar-refractivity contribution in [2.24, 2.45) is 0 Å². The third-order valence-corrected chi connectivity index (χ3v) is 4.25. The Balaban J connectivity index is 1.76. The summed E-state index contributed by atoms with van der Waals surface area (Å²) in [6, 6.07) is 14.2. The SMILES string of the molecule is Cc1ccc(NC(=O)c2cncc(C(=O)Nc3cc(Cl)ccc3C)c2)cc1. The monoisotopic (exact) mass is 379 g/mol. The van der Waals surface area contributed by atoms with E-state index in [1.165, 1.54) is 18.5 Å². The molecule has 0 bridgehead atoms. The maximum atomic E-state index is 12.5. The third kappa shape index (κ3) is 4.71. The first-order valence-corrected chi connectivity index (χ1v) is 8.71. The van der Waals surface area contributed by atoms with E-state index in [2.05, 4.69) is 15.6 Å². The molecule has 5 nitrogen and oxygen atoms in total. The van der Waals surface area contributed by atoms with E-state index in [4.69, 9.17) is 11.6 Å². The van der Waals surface area contributed by atoms with Crippen LogP contribution in [0.15, 0.2) is 60.9 Å². The van der Waals surface area contributed by atoms with Crippen LogP contribution in [-0.4, -0.2) is 16.8 Å². The van der Waals surface area contributed by atoms with Gasteiger partial charge in [-0.15, -0.1) is 0 Å². The number of nitrogens with one attached hydrogen (secondary N) is 2. The predicted octanol–water partition coefficient (Wildman–Crippen LogP) is 4.86. The lowest BCUT2D eigenvalue weighted by Crippen LogP contribution is -2.16. The largest absolute Gasteiger partial charge is 0.322 e. The van der Waals surface area contributed by atoms with Gasteiger partial charge in [-0.3, -0.25) is 14.6 Å². The van der Waals surface area contributed by atoms with Crippen molar-refractivity contribution in [1.29, 1.82) is 0 Å². The van der Waals surface area contributed by atoms with Gasteiger partial charge in [-0.2, -0.15) is 0 Å². The van der Waals surface area contributed by atoms with Gasteiger partial charge in [0.15, 0.2) is 0 Å². The average Bonchev–Trinajstić information content (AvgIpc) is 2.66. The Morgan fingerprint density at radius 3 is 2.15 bits per heavy atom.